The third kappa shape index (κ3) is 3.66. The number of aryl methyl sites for hydroxylation is 1. The number of aromatic nitrogens is 3. The zero-order chi connectivity index (χ0) is 17.2. The molecule has 1 N–H and O–H groups in total. The van der Waals surface area contributed by atoms with Crippen molar-refractivity contribution in [3.63, 3.8) is 0 Å². The van der Waals surface area contributed by atoms with Crippen LogP contribution in [0.4, 0.5) is 9.93 Å². The first-order valence-corrected chi connectivity index (χ1v) is 8.85. The van der Waals surface area contributed by atoms with E-state index in [1.807, 2.05) is 19.1 Å². The third-order valence-corrected chi connectivity index (χ3v) is 4.90. The standard InChI is InChI=1S/C18H16N4O2S/c1-11-15(14-9-10-19-16(21-14)12-7-8-12)25-17(20-11)22-18(23)24-13-5-3-2-4-6-13/h2-6,9-10,12H,7-8H2,1H3,(H,20,22,23). The highest BCUT2D eigenvalue weighted by molar-refractivity contribution is 7.19. The van der Waals surface area contributed by atoms with Crippen LogP contribution < -0.4 is 10.1 Å². The molecular weight excluding hydrogens is 336 g/mol. The maximum Gasteiger partial charge on any atom is 0.418 e. The average Bonchev–Trinajstić information content (AvgIpc) is 3.40. The molecule has 0 bridgehead atoms. The average molecular weight is 352 g/mol. The molecule has 6 nitrogen and oxygen atoms in total. The van der Waals surface area contributed by atoms with E-state index in [4.69, 9.17) is 4.74 Å². The van der Waals surface area contributed by atoms with Crippen LogP contribution in [0.5, 0.6) is 5.75 Å². The van der Waals surface area contributed by atoms with Crippen LogP contribution in [0, 0.1) is 6.92 Å². The highest BCUT2D eigenvalue weighted by Gasteiger charge is 2.27. The molecule has 0 aliphatic heterocycles. The second-order valence-corrected chi connectivity index (χ2v) is 6.83. The van der Waals surface area contributed by atoms with E-state index < -0.39 is 6.09 Å². The smallest absolute Gasteiger partial charge is 0.410 e. The summed E-state index contributed by atoms with van der Waals surface area (Å²) in [6.07, 6.45) is 3.53. The number of ether oxygens (including phenoxy) is 1. The number of para-hydroxylation sites is 1. The number of rotatable bonds is 4. The molecule has 1 aromatic carbocycles. The van der Waals surface area contributed by atoms with Crippen molar-refractivity contribution in [1.82, 2.24) is 15.0 Å². The van der Waals surface area contributed by atoms with Gasteiger partial charge in [0.25, 0.3) is 0 Å². The highest BCUT2D eigenvalue weighted by Crippen LogP contribution is 2.39. The van der Waals surface area contributed by atoms with Gasteiger partial charge in [0.1, 0.15) is 11.6 Å². The lowest BCUT2D eigenvalue weighted by Crippen LogP contribution is -2.16. The van der Waals surface area contributed by atoms with E-state index >= 15 is 0 Å². The Labute approximate surface area is 148 Å². The summed E-state index contributed by atoms with van der Waals surface area (Å²) in [5, 5.41) is 3.16. The Balaban J connectivity index is 1.50. The first-order chi connectivity index (χ1) is 12.2. The predicted octanol–water partition coefficient (Wildman–Crippen LogP) is 4.40. The van der Waals surface area contributed by atoms with Crippen molar-refractivity contribution >= 4 is 22.6 Å². The summed E-state index contributed by atoms with van der Waals surface area (Å²) in [7, 11) is 0. The minimum atomic E-state index is -0.562. The molecule has 3 aromatic rings. The quantitative estimate of drug-likeness (QED) is 0.753. The molecule has 1 fully saturated rings. The highest BCUT2D eigenvalue weighted by atomic mass is 32.1. The van der Waals surface area contributed by atoms with Gasteiger partial charge in [0.15, 0.2) is 5.13 Å². The minimum Gasteiger partial charge on any atom is -0.410 e. The van der Waals surface area contributed by atoms with E-state index in [0.717, 1.165) is 34.9 Å². The van der Waals surface area contributed by atoms with E-state index in [-0.39, 0.29) is 0 Å². The number of hydrogen-bond donors (Lipinski definition) is 1. The fourth-order valence-electron chi connectivity index (χ4n) is 2.43. The SMILES string of the molecule is Cc1nc(NC(=O)Oc2ccccc2)sc1-c1ccnc(C2CC2)n1. The Morgan fingerprint density at radius 2 is 2.00 bits per heavy atom. The summed E-state index contributed by atoms with van der Waals surface area (Å²) in [6.45, 7) is 1.90. The molecular formula is C18H16N4O2S. The van der Waals surface area contributed by atoms with Crippen LogP contribution in [0.3, 0.4) is 0 Å². The van der Waals surface area contributed by atoms with Gasteiger partial charge in [-0.25, -0.2) is 19.7 Å². The molecule has 4 rings (SSSR count). The Morgan fingerprint density at radius 3 is 2.76 bits per heavy atom. The molecule has 0 spiro atoms. The van der Waals surface area contributed by atoms with Crippen molar-refractivity contribution in [2.45, 2.75) is 25.7 Å². The fraction of sp³-hybridized carbons (Fsp3) is 0.222. The van der Waals surface area contributed by atoms with Gasteiger partial charge in [0.2, 0.25) is 0 Å². The Morgan fingerprint density at radius 1 is 1.20 bits per heavy atom. The van der Waals surface area contributed by atoms with E-state index in [1.54, 1.807) is 30.5 Å². The number of nitrogens with zero attached hydrogens (tertiary/aromatic N) is 3. The molecule has 2 heterocycles. The van der Waals surface area contributed by atoms with Crippen LogP contribution in [0.1, 0.15) is 30.3 Å². The summed E-state index contributed by atoms with van der Waals surface area (Å²) in [6, 6.07) is 10.8. The van der Waals surface area contributed by atoms with Gasteiger partial charge in [-0.05, 0) is 38.0 Å². The second kappa shape index (κ2) is 6.60. The molecule has 1 amide bonds. The number of anilines is 1. The number of carbonyl (C=O) groups excluding carboxylic acids is 1. The van der Waals surface area contributed by atoms with Gasteiger partial charge in [0, 0.05) is 12.1 Å². The van der Waals surface area contributed by atoms with Gasteiger partial charge in [-0.3, -0.25) is 5.32 Å². The van der Waals surface area contributed by atoms with Gasteiger partial charge >= 0.3 is 6.09 Å². The van der Waals surface area contributed by atoms with Crippen LogP contribution >= 0.6 is 11.3 Å². The van der Waals surface area contributed by atoms with E-state index in [1.165, 1.54) is 11.3 Å². The molecule has 1 saturated carbocycles. The van der Waals surface area contributed by atoms with Crippen LogP contribution in [-0.2, 0) is 0 Å². The van der Waals surface area contributed by atoms with Gasteiger partial charge in [-0.2, -0.15) is 0 Å². The lowest BCUT2D eigenvalue weighted by atomic mass is 10.3. The molecule has 126 valence electrons. The maximum atomic E-state index is 12.0. The number of hydrogen-bond acceptors (Lipinski definition) is 6. The Bertz CT molecular complexity index is 906. The number of nitrogens with one attached hydrogen (secondary N) is 1. The normalized spacial score (nSPS) is 13.5. The molecule has 25 heavy (non-hydrogen) atoms. The number of benzene rings is 1. The van der Waals surface area contributed by atoms with Gasteiger partial charge < -0.3 is 4.74 Å². The van der Waals surface area contributed by atoms with Crippen molar-refractivity contribution in [2.75, 3.05) is 5.32 Å². The lowest BCUT2D eigenvalue weighted by Gasteiger charge is -2.03. The van der Waals surface area contributed by atoms with Gasteiger partial charge in [-0.1, -0.05) is 29.5 Å². The van der Waals surface area contributed by atoms with Gasteiger partial charge in [-0.15, -0.1) is 0 Å². The fourth-order valence-corrected chi connectivity index (χ4v) is 3.36. The molecule has 2 aromatic heterocycles. The zero-order valence-corrected chi connectivity index (χ0v) is 14.4. The van der Waals surface area contributed by atoms with E-state index in [9.17, 15) is 4.79 Å². The van der Waals surface area contributed by atoms with Crippen molar-refractivity contribution < 1.29 is 9.53 Å². The van der Waals surface area contributed by atoms with Crippen molar-refractivity contribution in [2.24, 2.45) is 0 Å². The first kappa shape index (κ1) is 15.7. The third-order valence-electron chi connectivity index (χ3n) is 3.81. The second-order valence-electron chi connectivity index (χ2n) is 5.84. The van der Waals surface area contributed by atoms with Crippen molar-refractivity contribution in [3.05, 3.63) is 54.1 Å². The topological polar surface area (TPSA) is 77.0 Å². The van der Waals surface area contributed by atoms with Crippen molar-refractivity contribution in [1.29, 1.82) is 0 Å². The molecule has 0 radical (unpaired) electrons. The maximum absolute atomic E-state index is 12.0. The summed E-state index contributed by atoms with van der Waals surface area (Å²) in [4.78, 5) is 26.3. The number of thiazole rings is 1. The molecule has 0 unspecified atom stereocenters. The number of amides is 1. The van der Waals surface area contributed by atoms with Crippen LogP contribution in [0.25, 0.3) is 10.6 Å². The number of carbonyl (C=O) groups is 1. The summed E-state index contributed by atoms with van der Waals surface area (Å²) >= 11 is 1.38. The Hall–Kier alpha value is -2.80. The van der Waals surface area contributed by atoms with Crippen LogP contribution in [0.15, 0.2) is 42.6 Å². The molecule has 0 atom stereocenters. The van der Waals surface area contributed by atoms with Gasteiger partial charge in [0.05, 0.1) is 16.3 Å². The Kier molecular flexibility index (Phi) is 4.15. The zero-order valence-electron chi connectivity index (χ0n) is 13.6. The van der Waals surface area contributed by atoms with Crippen molar-refractivity contribution in [3.8, 4) is 16.3 Å². The minimum absolute atomic E-state index is 0.485. The lowest BCUT2D eigenvalue weighted by molar-refractivity contribution is 0.215. The monoisotopic (exact) mass is 352 g/mol. The molecule has 7 heteroatoms. The molecule has 1 aliphatic rings. The van der Waals surface area contributed by atoms with Crippen LogP contribution in [-0.4, -0.2) is 21.0 Å². The predicted molar refractivity (Wildman–Crippen MR) is 95.9 cm³/mol. The molecule has 0 saturated heterocycles. The van der Waals surface area contributed by atoms with E-state index in [2.05, 4.69) is 20.3 Å². The summed E-state index contributed by atoms with van der Waals surface area (Å²) in [5.74, 6) is 1.87. The van der Waals surface area contributed by atoms with Crippen LogP contribution in [0.2, 0.25) is 0 Å². The first-order valence-electron chi connectivity index (χ1n) is 8.03. The summed E-state index contributed by atoms with van der Waals surface area (Å²) in [5.41, 5.74) is 1.66. The van der Waals surface area contributed by atoms with E-state index in [0.29, 0.717) is 16.8 Å². The molecule has 1 aliphatic carbocycles. The summed E-state index contributed by atoms with van der Waals surface area (Å²) < 4.78 is 5.22. The largest absolute Gasteiger partial charge is 0.418 e.